The molecule has 1 aliphatic heterocycles. The fourth-order valence-corrected chi connectivity index (χ4v) is 2.93. The first-order valence-electron chi connectivity index (χ1n) is 7.42. The maximum Gasteiger partial charge on any atom is 0.262 e. The van der Waals surface area contributed by atoms with Crippen LogP contribution in [0.4, 0.5) is 5.69 Å². The molecule has 1 heterocycles. The lowest BCUT2D eigenvalue weighted by atomic mass is 9.82. The van der Waals surface area contributed by atoms with E-state index in [0.29, 0.717) is 29.8 Å². The van der Waals surface area contributed by atoms with E-state index in [4.69, 9.17) is 4.74 Å². The molecule has 0 bridgehead atoms. The Hall–Kier alpha value is -2.55. The molecule has 0 spiro atoms. The van der Waals surface area contributed by atoms with Crippen LogP contribution in [0.25, 0.3) is 0 Å². The highest BCUT2D eigenvalue weighted by atomic mass is 16.5. The molecule has 0 unspecified atom stereocenters. The van der Waals surface area contributed by atoms with Gasteiger partial charge in [0.1, 0.15) is 11.3 Å². The van der Waals surface area contributed by atoms with Crippen LogP contribution in [0, 0.1) is 11.3 Å². The third-order valence-corrected chi connectivity index (χ3v) is 4.15. The van der Waals surface area contributed by atoms with Gasteiger partial charge in [0.05, 0.1) is 11.8 Å². The summed E-state index contributed by atoms with van der Waals surface area (Å²) in [5.41, 5.74) is 0.218. The average molecular weight is 299 g/mol. The molecule has 1 fully saturated rings. The summed E-state index contributed by atoms with van der Waals surface area (Å²) >= 11 is 0. The number of fused-ring (bicyclic) bond motifs is 1. The van der Waals surface area contributed by atoms with E-state index in [2.05, 4.69) is 16.7 Å². The lowest BCUT2D eigenvalue weighted by Gasteiger charge is -2.31. The quantitative estimate of drug-likeness (QED) is 0.873. The van der Waals surface area contributed by atoms with Crippen LogP contribution in [0.15, 0.2) is 18.2 Å². The van der Waals surface area contributed by atoms with Crippen LogP contribution < -0.4 is 15.4 Å². The van der Waals surface area contributed by atoms with E-state index >= 15 is 0 Å². The summed E-state index contributed by atoms with van der Waals surface area (Å²) < 4.78 is 5.31. The summed E-state index contributed by atoms with van der Waals surface area (Å²) in [5, 5.41) is 15.0. The summed E-state index contributed by atoms with van der Waals surface area (Å²) in [7, 11) is 0. The Morgan fingerprint density at radius 3 is 2.82 bits per heavy atom. The lowest BCUT2D eigenvalue weighted by molar-refractivity contribution is -0.118. The molecule has 2 aliphatic rings. The average Bonchev–Trinajstić information content (AvgIpc) is 2.55. The molecule has 0 aromatic heterocycles. The van der Waals surface area contributed by atoms with E-state index in [9.17, 15) is 14.9 Å². The second kappa shape index (κ2) is 5.68. The Labute approximate surface area is 128 Å². The molecular weight excluding hydrogens is 282 g/mol. The lowest BCUT2D eigenvalue weighted by Crippen LogP contribution is -2.48. The van der Waals surface area contributed by atoms with Gasteiger partial charge in [0.25, 0.3) is 11.8 Å². The van der Waals surface area contributed by atoms with Crippen molar-refractivity contribution in [2.75, 3.05) is 11.9 Å². The fourth-order valence-electron chi connectivity index (χ4n) is 2.93. The maximum absolute atomic E-state index is 12.4. The Kier molecular flexibility index (Phi) is 3.72. The topological polar surface area (TPSA) is 91.2 Å². The van der Waals surface area contributed by atoms with Crippen molar-refractivity contribution in [2.45, 2.75) is 37.6 Å². The molecule has 2 amide bonds. The van der Waals surface area contributed by atoms with Crippen molar-refractivity contribution in [3.05, 3.63) is 23.8 Å². The fraction of sp³-hybridized carbons (Fsp3) is 0.438. The molecule has 0 saturated heterocycles. The van der Waals surface area contributed by atoms with Crippen LogP contribution in [-0.2, 0) is 4.79 Å². The molecule has 1 saturated carbocycles. The Morgan fingerprint density at radius 2 is 2.09 bits per heavy atom. The number of anilines is 1. The number of ether oxygens (including phenoxy) is 1. The molecule has 1 aromatic rings. The van der Waals surface area contributed by atoms with Gasteiger partial charge < -0.3 is 15.4 Å². The van der Waals surface area contributed by atoms with Gasteiger partial charge in [0.2, 0.25) is 0 Å². The first-order chi connectivity index (χ1) is 10.6. The molecule has 3 rings (SSSR count). The van der Waals surface area contributed by atoms with Crippen LogP contribution in [-0.4, -0.2) is 24.0 Å². The largest absolute Gasteiger partial charge is 0.482 e. The van der Waals surface area contributed by atoms with Gasteiger partial charge in [-0.1, -0.05) is 19.3 Å². The number of nitrogens with zero attached hydrogens (tertiary/aromatic N) is 1. The van der Waals surface area contributed by atoms with Crippen LogP contribution in [0.5, 0.6) is 5.75 Å². The second-order valence-corrected chi connectivity index (χ2v) is 5.76. The van der Waals surface area contributed by atoms with Crippen molar-refractivity contribution in [3.63, 3.8) is 0 Å². The van der Waals surface area contributed by atoms with Crippen molar-refractivity contribution in [3.8, 4) is 11.8 Å². The molecule has 0 radical (unpaired) electrons. The van der Waals surface area contributed by atoms with Crippen LogP contribution >= 0.6 is 0 Å². The summed E-state index contributed by atoms with van der Waals surface area (Å²) in [5.74, 6) is -0.0241. The van der Waals surface area contributed by atoms with Crippen LogP contribution in [0.1, 0.15) is 42.5 Å². The number of hydrogen-bond acceptors (Lipinski definition) is 4. The highest BCUT2D eigenvalue weighted by molar-refractivity contribution is 5.99. The van der Waals surface area contributed by atoms with E-state index in [0.717, 1.165) is 19.3 Å². The van der Waals surface area contributed by atoms with Crippen molar-refractivity contribution in [2.24, 2.45) is 0 Å². The van der Waals surface area contributed by atoms with Gasteiger partial charge in [0, 0.05) is 5.56 Å². The van der Waals surface area contributed by atoms with Crippen LogP contribution in [0.2, 0.25) is 0 Å². The van der Waals surface area contributed by atoms with E-state index in [1.807, 2.05) is 0 Å². The number of amides is 2. The third kappa shape index (κ3) is 2.75. The van der Waals surface area contributed by atoms with Gasteiger partial charge in [-0.05, 0) is 31.0 Å². The third-order valence-electron chi connectivity index (χ3n) is 4.15. The number of carbonyl (C=O) groups is 2. The molecule has 22 heavy (non-hydrogen) atoms. The zero-order chi connectivity index (χ0) is 15.6. The van der Waals surface area contributed by atoms with Crippen molar-refractivity contribution < 1.29 is 14.3 Å². The van der Waals surface area contributed by atoms with Gasteiger partial charge in [-0.25, -0.2) is 0 Å². The molecule has 6 nitrogen and oxygen atoms in total. The zero-order valence-corrected chi connectivity index (χ0v) is 12.1. The number of rotatable bonds is 2. The van der Waals surface area contributed by atoms with Crippen molar-refractivity contribution in [1.82, 2.24) is 5.32 Å². The van der Waals surface area contributed by atoms with Gasteiger partial charge >= 0.3 is 0 Å². The minimum Gasteiger partial charge on any atom is -0.482 e. The van der Waals surface area contributed by atoms with E-state index < -0.39 is 5.54 Å². The summed E-state index contributed by atoms with van der Waals surface area (Å²) in [6, 6.07) is 7.12. The predicted molar refractivity (Wildman–Crippen MR) is 79.5 cm³/mol. The molecular formula is C16H17N3O3. The normalized spacial score (nSPS) is 19.1. The van der Waals surface area contributed by atoms with Crippen molar-refractivity contribution >= 4 is 17.5 Å². The molecule has 0 atom stereocenters. The molecule has 2 N–H and O–H groups in total. The monoisotopic (exact) mass is 299 g/mol. The van der Waals surface area contributed by atoms with Crippen molar-refractivity contribution in [1.29, 1.82) is 5.26 Å². The predicted octanol–water partition coefficient (Wildman–Crippen LogP) is 1.97. The summed E-state index contributed by atoms with van der Waals surface area (Å²) in [4.78, 5) is 23.7. The maximum atomic E-state index is 12.4. The highest BCUT2D eigenvalue weighted by Gasteiger charge is 2.34. The van der Waals surface area contributed by atoms with E-state index in [1.165, 1.54) is 0 Å². The number of nitrogens with one attached hydrogen (secondary N) is 2. The van der Waals surface area contributed by atoms with E-state index in [1.54, 1.807) is 18.2 Å². The Bertz CT molecular complexity index is 657. The smallest absolute Gasteiger partial charge is 0.262 e. The second-order valence-electron chi connectivity index (χ2n) is 5.76. The highest BCUT2D eigenvalue weighted by Crippen LogP contribution is 2.30. The summed E-state index contributed by atoms with van der Waals surface area (Å²) in [6.45, 7) is -0.0554. The minimum absolute atomic E-state index is 0.0554. The minimum atomic E-state index is -0.764. The standard InChI is InChI=1S/C16H17N3O3/c17-10-16(6-2-1-3-7-16)19-15(21)11-4-5-12-13(8-11)22-9-14(20)18-12/h4-5,8H,1-3,6-7,9H2,(H,18,20)(H,19,21). The first kappa shape index (κ1) is 14.4. The number of carbonyl (C=O) groups excluding carboxylic acids is 2. The Morgan fingerprint density at radius 1 is 1.32 bits per heavy atom. The van der Waals surface area contributed by atoms with Gasteiger partial charge in [-0.15, -0.1) is 0 Å². The first-order valence-corrected chi connectivity index (χ1v) is 7.42. The summed E-state index contributed by atoms with van der Waals surface area (Å²) in [6.07, 6.45) is 4.38. The number of benzene rings is 1. The molecule has 1 aromatic carbocycles. The van der Waals surface area contributed by atoms with Gasteiger partial charge in [-0.3, -0.25) is 9.59 Å². The molecule has 1 aliphatic carbocycles. The van der Waals surface area contributed by atoms with Crippen LogP contribution in [0.3, 0.4) is 0 Å². The molecule has 114 valence electrons. The SMILES string of the molecule is N#CC1(NC(=O)c2ccc3c(c2)OCC(=O)N3)CCCCC1. The number of nitriles is 1. The number of hydrogen-bond donors (Lipinski definition) is 2. The molecule has 6 heteroatoms. The van der Waals surface area contributed by atoms with E-state index in [-0.39, 0.29) is 18.4 Å². The van der Waals surface area contributed by atoms with Gasteiger partial charge in [0.15, 0.2) is 6.61 Å². The van der Waals surface area contributed by atoms with Gasteiger partial charge in [-0.2, -0.15) is 5.26 Å². The Balaban J connectivity index is 1.78. The zero-order valence-electron chi connectivity index (χ0n) is 12.1.